The molecule has 0 aliphatic carbocycles. The summed E-state index contributed by atoms with van der Waals surface area (Å²) in [4.78, 5) is 0. The van der Waals surface area contributed by atoms with Crippen molar-refractivity contribution in [3.8, 4) is 11.5 Å². The molecule has 0 amide bonds. The van der Waals surface area contributed by atoms with Crippen LogP contribution in [0.15, 0.2) is 36.4 Å². The van der Waals surface area contributed by atoms with Crippen LogP contribution in [0, 0.1) is 0 Å². The fourth-order valence-corrected chi connectivity index (χ4v) is 2.29. The van der Waals surface area contributed by atoms with E-state index in [4.69, 9.17) is 21.1 Å². The lowest BCUT2D eigenvalue weighted by atomic mass is 10.1. The summed E-state index contributed by atoms with van der Waals surface area (Å²) in [6.45, 7) is 4.76. The van der Waals surface area contributed by atoms with Crippen LogP contribution in [0.25, 0.3) is 10.8 Å². The van der Waals surface area contributed by atoms with Gasteiger partial charge in [0.15, 0.2) is 0 Å². The van der Waals surface area contributed by atoms with Gasteiger partial charge in [0, 0.05) is 16.7 Å². The Morgan fingerprint density at radius 1 is 0.950 bits per heavy atom. The molecule has 0 aromatic heterocycles. The summed E-state index contributed by atoms with van der Waals surface area (Å²) < 4.78 is 11.7. The van der Waals surface area contributed by atoms with E-state index in [0.717, 1.165) is 35.1 Å². The summed E-state index contributed by atoms with van der Waals surface area (Å²) in [6.07, 6.45) is 2.12. The highest BCUT2D eigenvalue weighted by Crippen LogP contribution is 2.33. The van der Waals surface area contributed by atoms with E-state index in [1.807, 2.05) is 38.1 Å². The Labute approximate surface area is 125 Å². The van der Waals surface area contributed by atoms with Crippen LogP contribution < -0.4 is 9.47 Å². The molecule has 0 aliphatic heterocycles. The van der Waals surface area contributed by atoms with Crippen LogP contribution in [0.5, 0.6) is 11.5 Å². The largest absolute Gasteiger partial charge is 0.493 e. The molecule has 0 bridgehead atoms. The van der Waals surface area contributed by atoms with Crippen LogP contribution >= 0.6 is 11.6 Å². The Bertz CT molecular complexity index is 552. The number of unbranched alkanes of at least 4 members (excludes halogenated alkanes) is 1. The highest BCUT2D eigenvalue weighted by molar-refractivity contribution is 6.17. The summed E-state index contributed by atoms with van der Waals surface area (Å²) in [5.41, 5.74) is 0. The molecule has 0 N–H and O–H groups in total. The lowest BCUT2D eigenvalue weighted by Gasteiger charge is -2.15. The van der Waals surface area contributed by atoms with Crippen LogP contribution in [0.3, 0.4) is 0 Å². The first-order valence-corrected chi connectivity index (χ1v) is 7.63. The van der Waals surface area contributed by atoms with Gasteiger partial charge in [0.1, 0.15) is 11.5 Å². The third kappa shape index (κ3) is 3.80. The summed E-state index contributed by atoms with van der Waals surface area (Å²) in [5, 5.41) is 2.19. The van der Waals surface area contributed by atoms with E-state index in [2.05, 4.69) is 12.1 Å². The molecule has 2 aromatic carbocycles. The Kier molecular flexibility index (Phi) is 5.54. The Balaban J connectivity index is 2.24. The van der Waals surface area contributed by atoms with Gasteiger partial charge in [-0.1, -0.05) is 24.3 Å². The van der Waals surface area contributed by atoms with E-state index in [1.165, 1.54) is 0 Å². The normalized spacial score (nSPS) is 11.0. The Hall–Kier alpha value is -1.41. The highest BCUT2D eigenvalue weighted by Gasteiger charge is 2.08. The number of fused-ring (bicyclic) bond motifs is 1. The minimum absolute atomic E-state index is 0.161. The predicted octanol–water partition coefficient (Wildman–Crippen LogP) is 5.02. The third-order valence-corrected chi connectivity index (χ3v) is 3.26. The van der Waals surface area contributed by atoms with Crippen molar-refractivity contribution < 1.29 is 9.47 Å². The minimum Gasteiger partial charge on any atom is -0.493 e. The average molecular weight is 293 g/mol. The zero-order valence-corrected chi connectivity index (χ0v) is 12.8. The lowest BCUT2D eigenvalue weighted by Crippen LogP contribution is -2.06. The molecule has 0 heterocycles. The molecular formula is C17H21ClO2. The quantitative estimate of drug-likeness (QED) is 0.527. The van der Waals surface area contributed by atoms with Crippen molar-refractivity contribution in [3.63, 3.8) is 0 Å². The minimum atomic E-state index is 0.161. The number of benzene rings is 2. The van der Waals surface area contributed by atoms with Gasteiger partial charge in [-0.25, -0.2) is 0 Å². The van der Waals surface area contributed by atoms with Crippen molar-refractivity contribution in [2.24, 2.45) is 0 Å². The van der Waals surface area contributed by atoms with Crippen molar-refractivity contribution >= 4 is 22.4 Å². The van der Waals surface area contributed by atoms with Gasteiger partial charge in [-0.2, -0.15) is 0 Å². The maximum atomic E-state index is 5.87. The van der Waals surface area contributed by atoms with Crippen LogP contribution in [-0.4, -0.2) is 18.6 Å². The predicted molar refractivity (Wildman–Crippen MR) is 85.2 cm³/mol. The van der Waals surface area contributed by atoms with Gasteiger partial charge in [0.05, 0.1) is 12.7 Å². The maximum absolute atomic E-state index is 5.87. The van der Waals surface area contributed by atoms with E-state index >= 15 is 0 Å². The fraction of sp³-hybridized carbons (Fsp3) is 0.412. The van der Waals surface area contributed by atoms with Gasteiger partial charge in [0.25, 0.3) is 0 Å². The summed E-state index contributed by atoms with van der Waals surface area (Å²) in [6, 6.07) is 12.2. The molecule has 2 aromatic rings. The van der Waals surface area contributed by atoms with Crippen molar-refractivity contribution in [3.05, 3.63) is 36.4 Å². The van der Waals surface area contributed by atoms with Gasteiger partial charge in [-0.3, -0.25) is 0 Å². The molecule has 0 radical (unpaired) electrons. The topological polar surface area (TPSA) is 18.5 Å². The number of ether oxygens (including phenoxy) is 2. The first-order valence-electron chi connectivity index (χ1n) is 7.09. The van der Waals surface area contributed by atoms with Crippen LogP contribution in [0.1, 0.15) is 26.7 Å². The molecule has 0 fully saturated rings. The number of alkyl halides is 1. The molecule has 20 heavy (non-hydrogen) atoms. The third-order valence-electron chi connectivity index (χ3n) is 2.99. The highest BCUT2D eigenvalue weighted by atomic mass is 35.5. The van der Waals surface area contributed by atoms with Gasteiger partial charge in [-0.05, 0) is 38.8 Å². The summed E-state index contributed by atoms with van der Waals surface area (Å²) in [7, 11) is 0. The Morgan fingerprint density at radius 2 is 1.60 bits per heavy atom. The van der Waals surface area contributed by atoms with E-state index in [9.17, 15) is 0 Å². The second kappa shape index (κ2) is 7.39. The molecule has 0 spiro atoms. The second-order valence-corrected chi connectivity index (χ2v) is 5.40. The fourth-order valence-electron chi connectivity index (χ4n) is 2.11. The van der Waals surface area contributed by atoms with E-state index < -0.39 is 0 Å². The first-order chi connectivity index (χ1) is 9.72. The van der Waals surface area contributed by atoms with E-state index in [-0.39, 0.29) is 6.10 Å². The summed E-state index contributed by atoms with van der Waals surface area (Å²) >= 11 is 5.68. The number of hydrogen-bond acceptors (Lipinski definition) is 2. The van der Waals surface area contributed by atoms with E-state index in [1.54, 1.807) is 0 Å². The molecule has 3 heteroatoms. The standard InChI is InChI=1S/C17H21ClO2/c1-13(2)20-17-10-9-16(19-12-6-5-11-18)14-7-3-4-8-15(14)17/h3-4,7-10,13H,5-6,11-12H2,1-2H3. The number of hydrogen-bond donors (Lipinski definition) is 0. The SMILES string of the molecule is CC(C)Oc1ccc(OCCCCCl)c2ccccc12. The van der Waals surface area contributed by atoms with Gasteiger partial charge < -0.3 is 9.47 Å². The smallest absolute Gasteiger partial charge is 0.127 e. The molecule has 0 saturated heterocycles. The Morgan fingerprint density at radius 3 is 2.25 bits per heavy atom. The molecule has 2 rings (SSSR count). The van der Waals surface area contributed by atoms with Crippen LogP contribution in [0.2, 0.25) is 0 Å². The van der Waals surface area contributed by atoms with Gasteiger partial charge >= 0.3 is 0 Å². The maximum Gasteiger partial charge on any atom is 0.127 e. The number of halogens is 1. The molecule has 108 valence electrons. The van der Waals surface area contributed by atoms with Crippen molar-refractivity contribution in [2.45, 2.75) is 32.8 Å². The first kappa shape index (κ1) is 15.0. The molecule has 0 aliphatic rings. The molecular weight excluding hydrogens is 272 g/mol. The van der Waals surface area contributed by atoms with Gasteiger partial charge in [0.2, 0.25) is 0 Å². The summed E-state index contributed by atoms with van der Waals surface area (Å²) in [5.74, 6) is 2.50. The lowest BCUT2D eigenvalue weighted by molar-refractivity contribution is 0.245. The zero-order chi connectivity index (χ0) is 14.4. The number of rotatable bonds is 7. The van der Waals surface area contributed by atoms with Crippen LogP contribution in [-0.2, 0) is 0 Å². The van der Waals surface area contributed by atoms with Crippen LogP contribution in [0.4, 0.5) is 0 Å². The second-order valence-electron chi connectivity index (χ2n) is 5.02. The van der Waals surface area contributed by atoms with Crippen molar-refractivity contribution in [1.29, 1.82) is 0 Å². The van der Waals surface area contributed by atoms with Crippen molar-refractivity contribution in [2.75, 3.05) is 12.5 Å². The average Bonchev–Trinajstić information content (AvgIpc) is 2.45. The van der Waals surface area contributed by atoms with Crippen molar-refractivity contribution in [1.82, 2.24) is 0 Å². The monoisotopic (exact) mass is 292 g/mol. The van der Waals surface area contributed by atoms with E-state index in [0.29, 0.717) is 12.5 Å². The zero-order valence-electron chi connectivity index (χ0n) is 12.1. The van der Waals surface area contributed by atoms with Gasteiger partial charge in [-0.15, -0.1) is 11.6 Å². The molecule has 0 unspecified atom stereocenters. The molecule has 0 atom stereocenters. The molecule has 2 nitrogen and oxygen atoms in total. The molecule has 0 saturated carbocycles.